The highest BCUT2D eigenvalue weighted by atomic mass is 35.5. The molecule has 2 aliphatic rings. The van der Waals surface area contributed by atoms with E-state index in [9.17, 15) is 19.7 Å². The molecule has 1 heterocycles. The maximum absolute atomic E-state index is 12.8. The van der Waals surface area contributed by atoms with Gasteiger partial charge in [0.05, 0.1) is 23.0 Å². The highest BCUT2D eigenvalue weighted by Gasteiger charge is 2.41. The number of carbonyl (C=O) groups is 2. The molecule has 0 amide bonds. The maximum Gasteiger partial charge on any atom is 0.340 e. The number of rotatable bonds is 6. The van der Waals surface area contributed by atoms with Gasteiger partial charge in [0.1, 0.15) is 23.7 Å². The quantitative estimate of drug-likeness (QED) is 0.365. The molecule has 2 aromatic rings. The van der Waals surface area contributed by atoms with Crippen molar-refractivity contribution in [1.29, 1.82) is 0 Å². The van der Waals surface area contributed by atoms with Crippen molar-refractivity contribution in [3.63, 3.8) is 0 Å². The van der Waals surface area contributed by atoms with Crippen molar-refractivity contribution in [2.75, 3.05) is 7.11 Å². The summed E-state index contributed by atoms with van der Waals surface area (Å²) >= 11 is 6.48. The first-order chi connectivity index (χ1) is 16.3. The number of Topliss-reactive ketones (excluding diaryl/α,β-unsaturated/α-hetero) is 1. The zero-order valence-electron chi connectivity index (χ0n) is 18.2. The Morgan fingerprint density at radius 3 is 2.76 bits per heavy atom. The number of nitro groups is 1. The van der Waals surface area contributed by atoms with Crippen molar-refractivity contribution in [2.45, 2.75) is 31.8 Å². The van der Waals surface area contributed by atoms with Gasteiger partial charge < -0.3 is 19.9 Å². The number of nitrogens with two attached hydrogens (primary N) is 1. The second-order valence-corrected chi connectivity index (χ2v) is 8.23. The predicted octanol–water partition coefficient (Wildman–Crippen LogP) is 4.29. The number of benzene rings is 2. The monoisotopic (exact) mass is 484 g/mol. The van der Waals surface area contributed by atoms with Crippen LogP contribution in [0.1, 0.15) is 36.3 Å². The lowest BCUT2D eigenvalue weighted by Crippen LogP contribution is -2.31. The topological polar surface area (TPSA) is 131 Å². The summed E-state index contributed by atoms with van der Waals surface area (Å²) in [6.45, 7) is 0.0616. The van der Waals surface area contributed by atoms with Crippen LogP contribution >= 0.6 is 11.6 Å². The average Bonchev–Trinajstić information content (AvgIpc) is 2.82. The Kier molecular flexibility index (Phi) is 6.56. The summed E-state index contributed by atoms with van der Waals surface area (Å²) in [4.78, 5) is 35.8. The van der Waals surface area contributed by atoms with E-state index in [0.717, 1.165) is 0 Å². The van der Waals surface area contributed by atoms with Crippen LogP contribution in [0.4, 0.5) is 5.69 Å². The number of hydrogen-bond acceptors (Lipinski definition) is 8. The van der Waals surface area contributed by atoms with E-state index < -0.39 is 16.8 Å². The smallest absolute Gasteiger partial charge is 0.340 e. The standard InChI is InChI=1S/C24H21ClN2O7/c1-32-24(29)22-20(21-17(28)6-3-7-19(21)34-23(22)26)14-8-9-18(16(25)11-14)33-12-13-4-2-5-15(10-13)27(30)31/h2,4-5,8-11,20H,3,6-7,12,26H2,1H3/t20-/m1/s1. The lowest BCUT2D eigenvalue weighted by molar-refractivity contribution is -0.384. The van der Waals surface area contributed by atoms with E-state index in [1.807, 2.05) is 0 Å². The third-order valence-corrected chi connectivity index (χ3v) is 5.99. The molecule has 0 fully saturated rings. The fourth-order valence-electron chi connectivity index (χ4n) is 4.13. The molecule has 176 valence electrons. The van der Waals surface area contributed by atoms with Gasteiger partial charge in [-0.3, -0.25) is 14.9 Å². The molecular formula is C24H21ClN2O7. The molecule has 0 saturated heterocycles. The van der Waals surface area contributed by atoms with Crippen LogP contribution in [-0.4, -0.2) is 23.8 Å². The molecule has 0 radical (unpaired) electrons. The first-order valence-corrected chi connectivity index (χ1v) is 10.9. The largest absolute Gasteiger partial charge is 0.487 e. The number of non-ortho nitro benzene ring substituents is 1. The van der Waals surface area contributed by atoms with Gasteiger partial charge in [0.25, 0.3) is 5.69 Å². The molecule has 9 nitrogen and oxygen atoms in total. The van der Waals surface area contributed by atoms with Gasteiger partial charge in [-0.05, 0) is 29.7 Å². The van der Waals surface area contributed by atoms with E-state index in [1.165, 1.54) is 19.2 Å². The summed E-state index contributed by atoms with van der Waals surface area (Å²) in [5.74, 6) is -0.921. The third-order valence-electron chi connectivity index (χ3n) is 5.69. The Morgan fingerprint density at radius 1 is 1.26 bits per heavy atom. The summed E-state index contributed by atoms with van der Waals surface area (Å²) in [6.07, 6.45) is 1.51. The van der Waals surface area contributed by atoms with Gasteiger partial charge in [0, 0.05) is 30.5 Å². The van der Waals surface area contributed by atoms with Crippen molar-refractivity contribution < 1.29 is 28.7 Å². The van der Waals surface area contributed by atoms with Gasteiger partial charge in [-0.2, -0.15) is 0 Å². The van der Waals surface area contributed by atoms with Crippen LogP contribution in [0.3, 0.4) is 0 Å². The molecule has 0 bridgehead atoms. The Bertz CT molecular complexity index is 1250. The summed E-state index contributed by atoms with van der Waals surface area (Å²) in [7, 11) is 1.23. The average molecular weight is 485 g/mol. The molecule has 0 spiro atoms. The van der Waals surface area contributed by atoms with Crippen LogP contribution in [0, 0.1) is 10.1 Å². The number of allylic oxidation sites excluding steroid dienone is 2. The zero-order chi connectivity index (χ0) is 24.4. The molecule has 2 aromatic carbocycles. The minimum absolute atomic E-state index is 0.0389. The highest BCUT2D eigenvalue weighted by Crippen LogP contribution is 2.45. The van der Waals surface area contributed by atoms with Crippen molar-refractivity contribution in [3.8, 4) is 5.75 Å². The van der Waals surface area contributed by atoms with E-state index in [0.29, 0.717) is 47.5 Å². The molecule has 1 aliphatic heterocycles. The molecule has 0 unspecified atom stereocenters. The maximum atomic E-state index is 12.8. The minimum Gasteiger partial charge on any atom is -0.487 e. The molecule has 1 aliphatic carbocycles. The molecule has 2 N–H and O–H groups in total. The third kappa shape index (κ3) is 4.47. The van der Waals surface area contributed by atoms with Gasteiger partial charge in [0.2, 0.25) is 5.88 Å². The number of halogens is 1. The summed E-state index contributed by atoms with van der Waals surface area (Å²) in [5, 5.41) is 11.2. The fraction of sp³-hybridized carbons (Fsp3) is 0.250. The Labute approximate surface area is 199 Å². The first-order valence-electron chi connectivity index (χ1n) is 10.5. The van der Waals surface area contributed by atoms with E-state index >= 15 is 0 Å². The number of ketones is 1. The van der Waals surface area contributed by atoms with E-state index in [4.69, 9.17) is 31.5 Å². The van der Waals surface area contributed by atoms with Crippen LogP contribution < -0.4 is 10.5 Å². The first kappa shape index (κ1) is 23.3. The molecule has 34 heavy (non-hydrogen) atoms. The van der Waals surface area contributed by atoms with Crippen molar-refractivity contribution in [1.82, 2.24) is 0 Å². The van der Waals surface area contributed by atoms with Crippen LogP contribution in [0.25, 0.3) is 0 Å². The van der Waals surface area contributed by atoms with Crippen LogP contribution in [0.15, 0.2) is 65.3 Å². The molecule has 10 heteroatoms. The van der Waals surface area contributed by atoms with Gasteiger partial charge >= 0.3 is 5.97 Å². The van der Waals surface area contributed by atoms with Crippen LogP contribution in [0.5, 0.6) is 5.75 Å². The van der Waals surface area contributed by atoms with Crippen molar-refractivity contribution >= 4 is 29.0 Å². The van der Waals surface area contributed by atoms with Gasteiger partial charge in [-0.1, -0.05) is 29.8 Å². The van der Waals surface area contributed by atoms with Crippen LogP contribution in [-0.2, 0) is 25.7 Å². The van der Waals surface area contributed by atoms with Crippen molar-refractivity contribution in [3.05, 3.63) is 91.5 Å². The second kappa shape index (κ2) is 9.56. The minimum atomic E-state index is -0.785. The molecular weight excluding hydrogens is 464 g/mol. The van der Waals surface area contributed by atoms with E-state index in [-0.39, 0.29) is 34.6 Å². The van der Waals surface area contributed by atoms with E-state index in [1.54, 1.807) is 30.3 Å². The van der Waals surface area contributed by atoms with Crippen molar-refractivity contribution in [2.24, 2.45) is 5.73 Å². The molecule has 0 saturated carbocycles. The molecule has 0 aromatic heterocycles. The number of nitro benzene ring substituents is 1. The fourth-order valence-corrected chi connectivity index (χ4v) is 4.38. The number of nitrogens with zero attached hydrogens (tertiary/aromatic N) is 1. The molecule has 1 atom stereocenters. The number of hydrogen-bond donors (Lipinski definition) is 1. The van der Waals surface area contributed by atoms with Crippen LogP contribution in [0.2, 0.25) is 5.02 Å². The number of ether oxygens (including phenoxy) is 3. The SMILES string of the molecule is COC(=O)C1=C(N)OC2=C(C(=O)CCC2)[C@H]1c1ccc(OCc2cccc([N+](=O)[O-])c2)c(Cl)c1. The normalized spacial score (nSPS) is 17.7. The Balaban J connectivity index is 1.65. The second-order valence-electron chi connectivity index (χ2n) is 7.82. The Morgan fingerprint density at radius 2 is 2.06 bits per heavy atom. The summed E-state index contributed by atoms with van der Waals surface area (Å²) < 4.78 is 16.3. The van der Waals surface area contributed by atoms with Gasteiger partial charge in [-0.25, -0.2) is 4.79 Å². The number of carbonyl (C=O) groups excluding carboxylic acids is 2. The Hall–Kier alpha value is -3.85. The van der Waals surface area contributed by atoms with Gasteiger partial charge in [-0.15, -0.1) is 0 Å². The lowest BCUT2D eigenvalue weighted by atomic mass is 9.77. The molecule has 4 rings (SSSR count). The highest BCUT2D eigenvalue weighted by molar-refractivity contribution is 6.32. The predicted molar refractivity (Wildman–Crippen MR) is 122 cm³/mol. The van der Waals surface area contributed by atoms with E-state index in [2.05, 4.69) is 0 Å². The zero-order valence-corrected chi connectivity index (χ0v) is 19.0. The lowest BCUT2D eigenvalue weighted by Gasteiger charge is -2.32. The summed E-state index contributed by atoms with van der Waals surface area (Å²) in [6, 6.07) is 11.0. The van der Waals surface area contributed by atoms with Gasteiger partial charge in [0.15, 0.2) is 5.78 Å². The number of esters is 1. The number of methoxy groups -OCH3 is 1. The summed E-state index contributed by atoms with van der Waals surface area (Å²) in [5.41, 5.74) is 7.59.